The highest BCUT2D eigenvalue weighted by atomic mass is 19.4. The Labute approximate surface area is 116 Å². The summed E-state index contributed by atoms with van der Waals surface area (Å²) in [7, 11) is 1.49. The fourth-order valence-electron chi connectivity index (χ4n) is 1.96. The Morgan fingerprint density at radius 2 is 2.00 bits per heavy atom. The smallest absolute Gasteiger partial charge is 0.390 e. The van der Waals surface area contributed by atoms with Gasteiger partial charge in [0.05, 0.1) is 19.6 Å². The summed E-state index contributed by atoms with van der Waals surface area (Å²) in [6.45, 7) is 3.35. The molecule has 6 heteroatoms. The number of benzene rings is 1. The minimum atomic E-state index is -4.21. The number of aryl methyl sites for hydroxylation is 1. The number of aliphatic hydroxyl groups is 1. The maximum absolute atomic E-state index is 12.2. The van der Waals surface area contributed by atoms with Gasteiger partial charge in [-0.3, -0.25) is 0 Å². The van der Waals surface area contributed by atoms with E-state index in [0.717, 1.165) is 5.56 Å². The van der Waals surface area contributed by atoms with Crippen LogP contribution in [0.1, 0.15) is 30.6 Å². The summed E-state index contributed by atoms with van der Waals surface area (Å²) < 4.78 is 41.7. The molecule has 0 radical (unpaired) electrons. The van der Waals surface area contributed by atoms with Gasteiger partial charge in [-0.05, 0) is 26.0 Å². The first-order valence-electron chi connectivity index (χ1n) is 6.35. The van der Waals surface area contributed by atoms with Crippen LogP contribution in [0.15, 0.2) is 18.2 Å². The zero-order valence-electron chi connectivity index (χ0n) is 11.8. The zero-order valence-corrected chi connectivity index (χ0v) is 11.8. The highest BCUT2D eigenvalue weighted by Gasteiger charge is 2.30. The van der Waals surface area contributed by atoms with Crippen molar-refractivity contribution < 1.29 is 23.0 Å². The molecule has 1 rings (SSSR count). The topological polar surface area (TPSA) is 41.5 Å². The Kier molecular flexibility index (Phi) is 5.83. The van der Waals surface area contributed by atoms with Gasteiger partial charge in [0.2, 0.25) is 0 Å². The van der Waals surface area contributed by atoms with Crippen LogP contribution in [0.5, 0.6) is 5.75 Å². The molecule has 20 heavy (non-hydrogen) atoms. The third kappa shape index (κ3) is 5.38. The molecule has 1 aromatic rings. The SMILES string of the molecule is COc1ccc(C)cc1C(O)CNC(C)CC(F)(F)F. The molecule has 0 aromatic heterocycles. The molecule has 0 saturated heterocycles. The molecule has 2 N–H and O–H groups in total. The van der Waals surface area contributed by atoms with Gasteiger partial charge in [-0.2, -0.15) is 13.2 Å². The zero-order chi connectivity index (χ0) is 15.3. The van der Waals surface area contributed by atoms with E-state index in [4.69, 9.17) is 4.74 Å². The second-order valence-corrected chi connectivity index (χ2v) is 4.89. The number of aliphatic hydroxyl groups excluding tert-OH is 1. The summed E-state index contributed by atoms with van der Waals surface area (Å²) in [5.74, 6) is 0.522. The molecule has 0 spiro atoms. The van der Waals surface area contributed by atoms with Crippen LogP contribution in [-0.4, -0.2) is 31.0 Å². The van der Waals surface area contributed by atoms with E-state index in [1.807, 2.05) is 13.0 Å². The molecule has 0 bridgehead atoms. The second-order valence-electron chi connectivity index (χ2n) is 4.89. The highest BCUT2D eigenvalue weighted by molar-refractivity contribution is 5.38. The standard InChI is InChI=1S/C14H20F3NO2/c1-9-4-5-13(20-3)11(6-9)12(19)8-18-10(2)7-14(15,16)17/h4-6,10,12,18-19H,7-8H2,1-3H3. The minimum absolute atomic E-state index is 0.0388. The Hall–Kier alpha value is -1.27. The predicted molar refractivity (Wildman–Crippen MR) is 70.8 cm³/mol. The van der Waals surface area contributed by atoms with Crippen molar-refractivity contribution in [3.05, 3.63) is 29.3 Å². The van der Waals surface area contributed by atoms with Crippen LogP contribution in [-0.2, 0) is 0 Å². The monoisotopic (exact) mass is 291 g/mol. The van der Waals surface area contributed by atoms with Crippen LogP contribution in [0.3, 0.4) is 0 Å². The van der Waals surface area contributed by atoms with Gasteiger partial charge in [-0.1, -0.05) is 11.6 Å². The molecule has 0 fully saturated rings. The van der Waals surface area contributed by atoms with Crippen LogP contribution in [0.25, 0.3) is 0 Å². The highest BCUT2D eigenvalue weighted by Crippen LogP contribution is 2.26. The van der Waals surface area contributed by atoms with Crippen molar-refractivity contribution in [2.45, 2.75) is 38.6 Å². The summed E-state index contributed by atoms with van der Waals surface area (Å²) in [6.07, 6.45) is -6.05. The van der Waals surface area contributed by atoms with Crippen molar-refractivity contribution in [3.63, 3.8) is 0 Å². The van der Waals surface area contributed by atoms with E-state index in [2.05, 4.69) is 5.32 Å². The molecule has 2 atom stereocenters. The Bertz CT molecular complexity index is 435. The molecule has 1 aromatic carbocycles. The number of methoxy groups -OCH3 is 1. The van der Waals surface area contributed by atoms with E-state index in [-0.39, 0.29) is 6.54 Å². The maximum atomic E-state index is 12.2. The first-order chi connectivity index (χ1) is 9.23. The average molecular weight is 291 g/mol. The molecule has 0 amide bonds. The molecule has 3 nitrogen and oxygen atoms in total. The van der Waals surface area contributed by atoms with Gasteiger partial charge in [0.15, 0.2) is 0 Å². The lowest BCUT2D eigenvalue weighted by Gasteiger charge is -2.20. The van der Waals surface area contributed by atoms with E-state index in [1.165, 1.54) is 14.0 Å². The average Bonchev–Trinajstić information content (AvgIpc) is 2.33. The molecule has 0 saturated carbocycles. The van der Waals surface area contributed by atoms with Crippen molar-refractivity contribution in [2.24, 2.45) is 0 Å². The summed E-state index contributed by atoms with van der Waals surface area (Å²) in [4.78, 5) is 0. The third-order valence-electron chi connectivity index (χ3n) is 2.94. The molecule has 0 heterocycles. The molecular weight excluding hydrogens is 271 g/mol. The van der Waals surface area contributed by atoms with E-state index in [1.54, 1.807) is 12.1 Å². The Morgan fingerprint density at radius 3 is 2.55 bits per heavy atom. The van der Waals surface area contributed by atoms with Crippen molar-refractivity contribution in [1.82, 2.24) is 5.32 Å². The number of hydrogen-bond acceptors (Lipinski definition) is 3. The Morgan fingerprint density at radius 1 is 1.35 bits per heavy atom. The molecular formula is C14H20F3NO2. The summed E-state index contributed by atoms with van der Waals surface area (Å²) >= 11 is 0. The van der Waals surface area contributed by atoms with Gasteiger partial charge in [0.1, 0.15) is 5.75 Å². The van der Waals surface area contributed by atoms with Gasteiger partial charge in [0.25, 0.3) is 0 Å². The summed E-state index contributed by atoms with van der Waals surface area (Å²) in [5.41, 5.74) is 1.52. The first-order valence-corrected chi connectivity index (χ1v) is 6.35. The van der Waals surface area contributed by atoms with Gasteiger partial charge in [-0.25, -0.2) is 0 Å². The second kappa shape index (κ2) is 6.95. The van der Waals surface area contributed by atoms with E-state index >= 15 is 0 Å². The van der Waals surface area contributed by atoms with Crippen LogP contribution < -0.4 is 10.1 Å². The maximum Gasteiger partial charge on any atom is 0.390 e. The van der Waals surface area contributed by atoms with E-state index in [0.29, 0.717) is 11.3 Å². The van der Waals surface area contributed by atoms with Gasteiger partial charge < -0.3 is 15.2 Å². The normalized spacial score (nSPS) is 14.9. The number of halogens is 3. The van der Waals surface area contributed by atoms with Gasteiger partial charge in [0, 0.05) is 18.2 Å². The fourth-order valence-corrected chi connectivity index (χ4v) is 1.96. The predicted octanol–water partition coefficient (Wildman–Crippen LogP) is 2.97. The van der Waals surface area contributed by atoms with Gasteiger partial charge in [-0.15, -0.1) is 0 Å². The van der Waals surface area contributed by atoms with Crippen molar-refractivity contribution in [1.29, 1.82) is 0 Å². The molecule has 114 valence electrons. The van der Waals surface area contributed by atoms with Gasteiger partial charge >= 0.3 is 6.18 Å². The van der Waals surface area contributed by atoms with Crippen LogP contribution in [0.2, 0.25) is 0 Å². The van der Waals surface area contributed by atoms with Crippen molar-refractivity contribution >= 4 is 0 Å². The third-order valence-corrected chi connectivity index (χ3v) is 2.94. The largest absolute Gasteiger partial charge is 0.496 e. The lowest BCUT2D eigenvalue weighted by Crippen LogP contribution is -2.34. The lowest BCUT2D eigenvalue weighted by molar-refractivity contribution is -0.139. The number of hydrogen-bond donors (Lipinski definition) is 2. The Balaban J connectivity index is 2.63. The van der Waals surface area contributed by atoms with Crippen LogP contribution in [0.4, 0.5) is 13.2 Å². The van der Waals surface area contributed by atoms with Crippen LogP contribution >= 0.6 is 0 Å². The van der Waals surface area contributed by atoms with E-state index < -0.39 is 24.7 Å². The number of nitrogens with one attached hydrogen (secondary N) is 1. The quantitative estimate of drug-likeness (QED) is 0.846. The molecule has 0 aliphatic heterocycles. The summed E-state index contributed by atoms with van der Waals surface area (Å²) in [5, 5.41) is 12.8. The van der Waals surface area contributed by atoms with Crippen molar-refractivity contribution in [3.8, 4) is 5.75 Å². The fraction of sp³-hybridized carbons (Fsp3) is 0.571. The number of rotatable bonds is 6. The molecule has 0 aliphatic rings. The van der Waals surface area contributed by atoms with Crippen molar-refractivity contribution in [2.75, 3.05) is 13.7 Å². The lowest BCUT2D eigenvalue weighted by atomic mass is 10.0. The summed E-state index contributed by atoms with van der Waals surface area (Å²) in [6, 6.07) is 4.59. The molecule has 0 aliphatic carbocycles. The number of ether oxygens (including phenoxy) is 1. The first kappa shape index (κ1) is 16.8. The minimum Gasteiger partial charge on any atom is -0.496 e. The van der Waals surface area contributed by atoms with Crippen LogP contribution in [0, 0.1) is 6.92 Å². The molecule has 2 unspecified atom stereocenters. The van der Waals surface area contributed by atoms with E-state index in [9.17, 15) is 18.3 Å². The number of alkyl halides is 3.